The van der Waals surface area contributed by atoms with E-state index < -0.39 is 0 Å². The lowest BCUT2D eigenvalue weighted by molar-refractivity contribution is -0.135. The van der Waals surface area contributed by atoms with Gasteiger partial charge in [-0.25, -0.2) is 4.98 Å². The van der Waals surface area contributed by atoms with E-state index >= 15 is 0 Å². The summed E-state index contributed by atoms with van der Waals surface area (Å²) in [5.41, 5.74) is 2.20. The number of carbonyl (C=O) groups is 1. The summed E-state index contributed by atoms with van der Waals surface area (Å²) in [4.78, 5) is 21.0. The highest BCUT2D eigenvalue weighted by Gasteiger charge is 2.26. The van der Waals surface area contributed by atoms with Crippen LogP contribution in [0.2, 0.25) is 0 Å². The number of aromatic nitrogens is 2. The largest absolute Gasteiger partial charge is 0.337 e. The summed E-state index contributed by atoms with van der Waals surface area (Å²) >= 11 is 0. The van der Waals surface area contributed by atoms with Crippen molar-refractivity contribution < 1.29 is 4.79 Å². The minimum absolute atomic E-state index is 0.0736. The third-order valence-electron chi connectivity index (χ3n) is 4.04. The number of aryl methyl sites for hydroxylation is 2. The van der Waals surface area contributed by atoms with E-state index in [-0.39, 0.29) is 11.9 Å². The summed E-state index contributed by atoms with van der Waals surface area (Å²) in [7, 11) is 5.70. The van der Waals surface area contributed by atoms with Crippen molar-refractivity contribution in [2.75, 3.05) is 21.1 Å². The van der Waals surface area contributed by atoms with Crippen LogP contribution in [-0.2, 0) is 17.9 Å². The van der Waals surface area contributed by atoms with Gasteiger partial charge in [-0.1, -0.05) is 29.8 Å². The second-order valence-electron chi connectivity index (χ2n) is 6.10. The van der Waals surface area contributed by atoms with Gasteiger partial charge < -0.3 is 9.47 Å². The van der Waals surface area contributed by atoms with E-state index in [1.807, 2.05) is 63.4 Å². The molecular formula is C18H26N4O. The number of benzene rings is 1. The average molecular weight is 314 g/mol. The number of hydrogen-bond acceptors (Lipinski definition) is 3. The van der Waals surface area contributed by atoms with Crippen LogP contribution >= 0.6 is 0 Å². The maximum atomic E-state index is 12.9. The van der Waals surface area contributed by atoms with Crippen molar-refractivity contribution in [1.29, 1.82) is 0 Å². The molecule has 1 amide bonds. The fourth-order valence-electron chi connectivity index (χ4n) is 2.69. The van der Waals surface area contributed by atoms with Crippen LogP contribution < -0.4 is 0 Å². The van der Waals surface area contributed by atoms with Gasteiger partial charge in [0.05, 0.1) is 6.54 Å². The van der Waals surface area contributed by atoms with Crippen molar-refractivity contribution in [2.24, 2.45) is 0 Å². The highest BCUT2D eigenvalue weighted by Crippen LogP contribution is 2.21. The van der Waals surface area contributed by atoms with E-state index in [9.17, 15) is 4.79 Å². The van der Waals surface area contributed by atoms with Crippen LogP contribution in [0.1, 0.15) is 29.9 Å². The fourth-order valence-corrected chi connectivity index (χ4v) is 2.69. The Bertz CT molecular complexity index is 645. The summed E-state index contributed by atoms with van der Waals surface area (Å²) in [6.45, 7) is 5.48. The predicted octanol–water partition coefficient (Wildman–Crippen LogP) is 2.47. The second kappa shape index (κ2) is 7.42. The van der Waals surface area contributed by atoms with Crippen LogP contribution in [0.4, 0.5) is 0 Å². The fraction of sp³-hybridized carbons (Fsp3) is 0.444. The molecule has 0 radical (unpaired) electrons. The molecule has 0 aliphatic heterocycles. The van der Waals surface area contributed by atoms with E-state index in [1.54, 1.807) is 11.1 Å². The van der Waals surface area contributed by atoms with Crippen LogP contribution in [-0.4, -0.2) is 46.4 Å². The number of amides is 1. The highest BCUT2D eigenvalue weighted by atomic mass is 16.2. The van der Waals surface area contributed by atoms with Crippen LogP contribution in [0, 0.1) is 6.92 Å². The van der Waals surface area contributed by atoms with Crippen LogP contribution in [0.3, 0.4) is 0 Å². The number of carbonyl (C=O) groups excluding carboxylic acids is 1. The number of likely N-dealkylation sites (N-methyl/N-ethyl adjacent to an activating group) is 2. The smallest absolute Gasteiger partial charge is 0.244 e. The molecule has 1 aromatic heterocycles. The molecule has 23 heavy (non-hydrogen) atoms. The molecule has 0 aliphatic rings. The molecule has 0 saturated heterocycles. The zero-order valence-corrected chi connectivity index (χ0v) is 14.7. The van der Waals surface area contributed by atoms with Gasteiger partial charge >= 0.3 is 0 Å². The Kier molecular flexibility index (Phi) is 5.55. The minimum atomic E-state index is -0.286. The Labute approximate surface area is 138 Å². The quantitative estimate of drug-likeness (QED) is 0.822. The standard InChI is InChI=1S/C18H26N4O/c1-6-22-12-11-19-16(22)13-21(5)18(23)17(20(3)4)15-9-7-14(2)8-10-15/h7-12,17H,6,13H2,1-5H3/t17-/m0/s1. The minimum Gasteiger partial charge on any atom is -0.337 e. The van der Waals surface area contributed by atoms with Crippen molar-refractivity contribution in [1.82, 2.24) is 19.4 Å². The molecule has 0 spiro atoms. The van der Waals surface area contributed by atoms with Gasteiger partial charge in [-0.15, -0.1) is 0 Å². The summed E-state index contributed by atoms with van der Waals surface area (Å²) in [6, 6.07) is 7.86. The number of rotatable bonds is 6. The molecule has 2 rings (SSSR count). The average Bonchev–Trinajstić information content (AvgIpc) is 2.96. The molecule has 0 unspecified atom stereocenters. The molecule has 1 heterocycles. The van der Waals surface area contributed by atoms with Crippen molar-refractivity contribution in [3.05, 3.63) is 53.6 Å². The van der Waals surface area contributed by atoms with Crippen LogP contribution in [0.25, 0.3) is 0 Å². The molecule has 0 saturated carbocycles. The van der Waals surface area contributed by atoms with Gasteiger partial charge in [0.25, 0.3) is 0 Å². The maximum Gasteiger partial charge on any atom is 0.244 e. The number of imidazole rings is 1. The van der Waals surface area contributed by atoms with Gasteiger partial charge in [0, 0.05) is 26.0 Å². The third kappa shape index (κ3) is 3.99. The second-order valence-corrected chi connectivity index (χ2v) is 6.10. The first kappa shape index (κ1) is 17.2. The van der Waals surface area contributed by atoms with E-state index in [1.165, 1.54) is 5.56 Å². The monoisotopic (exact) mass is 314 g/mol. The molecule has 124 valence electrons. The molecule has 0 aliphatic carbocycles. The summed E-state index contributed by atoms with van der Waals surface area (Å²) < 4.78 is 2.06. The molecule has 0 bridgehead atoms. The molecule has 5 heteroatoms. The molecule has 1 atom stereocenters. The van der Waals surface area contributed by atoms with Crippen molar-refractivity contribution >= 4 is 5.91 Å². The van der Waals surface area contributed by atoms with Crippen molar-refractivity contribution in [3.8, 4) is 0 Å². The SMILES string of the molecule is CCn1ccnc1CN(C)C(=O)[C@H](c1ccc(C)cc1)N(C)C. The zero-order valence-electron chi connectivity index (χ0n) is 14.7. The topological polar surface area (TPSA) is 41.4 Å². The van der Waals surface area contributed by atoms with Gasteiger partial charge in [0.2, 0.25) is 5.91 Å². The first-order chi connectivity index (χ1) is 10.9. The Morgan fingerprint density at radius 1 is 1.22 bits per heavy atom. The molecule has 0 N–H and O–H groups in total. The van der Waals surface area contributed by atoms with E-state index in [4.69, 9.17) is 0 Å². The van der Waals surface area contributed by atoms with Gasteiger partial charge in [0.15, 0.2) is 0 Å². The lowest BCUT2D eigenvalue weighted by Gasteiger charge is -2.28. The maximum absolute atomic E-state index is 12.9. The lowest BCUT2D eigenvalue weighted by atomic mass is 10.0. The van der Waals surface area contributed by atoms with Gasteiger partial charge in [-0.2, -0.15) is 0 Å². The Hall–Kier alpha value is -2.14. The summed E-state index contributed by atoms with van der Waals surface area (Å²) in [5.74, 6) is 0.981. The van der Waals surface area contributed by atoms with Crippen molar-refractivity contribution in [2.45, 2.75) is 33.0 Å². The first-order valence-electron chi connectivity index (χ1n) is 7.92. The van der Waals surface area contributed by atoms with Gasteiger partial charge in [-0.3, -0.25) is 9.69 Å². The number of nitrogens with zero attached hydrogens (tertiary/aromatic N) is 4. The Morgan fingerprint density at radius 2 is 1.87 bits per heavy atom. The Morgan fingerprint density at radius 3 is 2.43 bits per heavy atom. The molecule has 0 fully saturated rings. The van der Waals surface area contributed by atoms with Crippen molar-refractivity contribution in [3.63, 3.8) is 0 Å². The lowest BCUT2D eigenvalue weighted by Crippen LogP contribution is -2.38. The first-order valence-corrected chi connectivity index (χ1v) is 7.92. The predicted molar refractivity (Wildman–Crippen MR) is 92.0 cm³/mol. The molecule has 1 aromatic carbocycles. The molecular weight excluding hydrogens is 288 g/mol. The van der Waals surface area contributed by atoms with Gasteiger partial charge in [0.1, 0.15) is 11.9 Å². The van der Waals surface area contributed by atoms with E-state index in [0.29, 0.717) is 6.54 Å². The van der Waals surface area contributed by atoms with E-state index in [0.717, 1.165) is 17.9 Å². The van der Waals surface area contributed by atoms with Crippen LogP contribution in [0.5, 0.6) is 0 Å². The van der Waals surface area contributed by atoms with E-state index in [2.05, 4.69) is 16.5 Å². The molecule has 2 aromatic rings. The van der Waals surface area contributed by atoms with Gasteiger partial charge in [-0.05, 0) is 33.5 Å². The number of hydrogen-bond donors (Lipinski definition) is 0. The van der Waals surface area contributed by atoms with Crippen LogP contribution in [0.15, 0.2) is 36.7 Å². The highest BCUT2D eigenvalue weighted by molar-refractivity contribution is 5.83. The normalized spacial score (nSPS) is 12.4. The third-order valence-corrected chi connectivity index (χ3v) is 4.04. The Balaban J connectivity index is 2.18. The summed E-state index contributed by atoms with van der Waals surface area (Å²) in [5, 5.41) is 0. The zero-order chi connectivity index (χ0) is 17.0. The summed E-state index contributed by atoms with van der Waals surface area (Å²) in [6.07, 6.45) is 3.72. The molecule has 5 nitrogen and oxygen atoms in total.